The Morgan fingerprint density at radius 1 is 1.22 bits per heavy atom. The normalized spacial score (nSPS) is 17.1. The second-order valence-corrected chi connectivity index (χ2v) is 5.40. The lowest BCUT2D eigenvalue weighted by molar-refractivity contribution is -0.149. The molecule has 0 atom stereocenters. The van der Waals surface area contributed by atoms with Crippen LogP contribution in [0, 0.1) is 0 Å². The van der Waals surface area contributed by atoms with Crippen LogP contribution in [0.2, 0.25) is 0 Å². The van der Waals surface area contributed by atoms with Crippen molar-refractivity contribution in [2.24, 2.45) is 0 Å². The fourth-order valence-electron chi connectivity index (χ4n) is 2.41. The topological polar surface area (TPSA) is 108 Å². The summed E-state index contributed by atoms with van der Waals surface area (Å²) in [6.45, 7) is 1.32. The number of nitrogens with one attached hydrogen (secondary N) is 2. The molecule has 0 bridgehead atoms. The first kappa shape index (κ1) is 17.1. The third kappa shape index (κ3) is 4.62. The Morgan fingerprint density at radius 2 is 1.87 bits per heavy atom. The fourth-order valence-corrected chi connectivity index (χ4v) is 2.41. The number of amides is 1. The number of hydrogen-bond acceptors (Lipinski definition) is 5. The monoisotopic (exact) mass is 320 g/mol. The van der Waals surface area contributed by atoms with Crippen molar-refractivity contribution < 1.29 is 24.6 Å². The maximum absolute atomic E-state index is 11.5. The maximum atomic E-state index is 11.5. The van der Waals surface area contributed by atoms with Gasteiger partial charge in [-0.15, -0.1) is 0 Å². The lowest BCUT2D eigenvalue weighted by Gasteiger charge is -2.34. The van der Waals surface area contributed by atoms with Gasteiger partial charge in [-0.1, -0.05) is 24.3 Å². The molecule has 1 aromatic carbocycles. The van der Waals surface area contributed by atoms with Crippen LogP contribution in [0.4, 0.5) is 0 Å². The van der Waals surface area contributed by atoms with Gasteiger partial charge in [-0.3, -0.25) is 20.1 Å². The van der Waals surface area contributed by atoms with Crippen LogP contribution in [0.25, 0.3) is 6.08 Å². The van der Waals surface area contributed by atoms with Gasteiger partial charge in [0, 0.05) is 25.8 Å². The highest BCUT2D eigenvalue weighted by Crippen LogP contribution is 2.22. The van der Waals surface area contributed by atoms with E-state index in [0.717, 1.165) is 11.1 Å². The molecule has 1 amide bonds. The minimum atomic E-state index is -0.934. The fraction of sp³-hybridized carbons (Fsp3) is 0.375. The van der Waals surface area contributed by atoms with Crippen LogP contribution in [0.15, 0.2) is 30.3 Å². The largest absolute Gasteiger partial charge is 0.480 e. The van der Waals surface area contributed by atoms with E-state index in [2.05, 4.69) is 5.32 Å². The third-order valence-electron chi connectivity index (χ3n) is 3.90. The number of aliphatic carboxylic acids is 1. The first-order valence-electron chi connectivity index (χ1n) is 7.33. The second-order valence-electron chi connectivity index (χ2n) is 5.40. The van der Waals surface area contributed by atoms with Crippen molar-refractivity contribution in [2.45, 2.75) is 24.9 Å². The van der Waals surface area contributed by atoms with Crippen LogP contribution >= 0.6 is 0 Å². The molecule has 0 radical (unpaired) electrons. The summed E-state index contributed by atoms with van der Waals surface area (Å²) in [5, 5.41) is 21.0. The third-order valence-corrected chi connectivity index (χ3v) is 3.90. The van der Waals surface area contributed by atoms with Crippen LogP contribution in [-0.4, -0.2) is 40.9 Å². The first-order chi connectivity index (χ1) is 11.1. The number of ether oxygens (including phenoxy) is 1. The van der Waals surface area contributed by atoms with Gasteiger partial charge in [0.05, 0.1) is 0 Å². The number of hydrogen-bond donors (Lipinski definition) is 4. The standard InChI is InChI=1S/C16H20N2O5/c19-14(18-22)6-5-12-1-3-13(4-2-12)11-17-16(15(20)21)7-9-23-10-8-16/h1-6,17,22H,7-11H2,(H,18,19)(H,20,21). The van der Waals surface area contributed by atoms with Crippen molar-refractivity contribution >= 4 is 18.0 Å². The molecule has 1 heterocycles. The van der Waals surface area contributed by atoms with Crippen molar-refractivity contribution in [2.75, 3.05) is 13.2 Å². The average Bonchev–Trinajstić information content (AvgIpc) is 2.59. The van der Waals surface area contributed by atoms with E-state index >= 15 is 0 Å². The van der Waals surface area contributed by atoms with Gasteiger partial charge in [-0.2, -0.15) is 0 Å². The number of carboxylic acid groups (broad SMARTS) is 1. The summed E-state index contributed by atoms with van der Waals surface area (Å²) >= 11 is 0. The van der Waals surface area contributed by atoms with Crippen LogP contribution in [-0.2, 0) is 20.9 Å². The number of rotatable bonds is 6. The van der Waals surface area contributed by atoms with Crippen molar-refractivity contribution in [1.29, 1.82) is 0 Å². The number of benzene rings is 1. The molecule has 1 saturated heterocycles. The van der Waals surface area contributed by atoms with Gasteiger partial charge in [0.15, 0.2) is 0 Å². The molecular weight excluding hydrogens is 300 g/mol. The molecule has 4 N–H and O–H groups in total. The number of carboxylic acids is 1. The van der Waals surface area contributed by atoms with E-state index < -0.39 is 17.4 Å². The Hall–Kier alpha value is -2.22. The molecule has 23 heavy (non-hydrogen) atoms. The Balaban J connectivity index is 1.96. The van der Waals surface area contributed by atoms with E-state index in [1.807, 2.05) is 24.3 Å². The van der Waals surface area contributed by atoms with Gasteiger partial charge < -0.3 is 9.84 Å². The molecule has 0 saturated carbocycles. The van der Waals surface area contributed by atoms with E-state index in [1.165, 1.54) is 11.6 Å². The minimum Gasteiger partial charge on any atom is -0.480 e. The molecule has 0 unspecified atom stereocenters. The van der Waals surface area contributed by atoms with Crippen molar-refractivity contribution in [3.63, 3.8) is 0 Å². The Labute approximate surface area is 133 Å². The summed E-state index contributed by atoms with van der Waals surface area (Å²) in [5.74, 6) is -1.45. The molecule has 124 valence electrons. The van der Waals surface area contributed by atoms with E-state index in [0.29, 0.717) is 32.6 Å². The molecule has 1 aliphatic rings. The summed E-state index contributed by atoms with van der Waals surface area (Å²) in [6, 6.07) is 7.35. The zero-order valence-electron chi connectivity index (χ0n) is 12.6. The van der Waals surface area contributed by atoms with Crippen molar-refractivity contribution in [3.05, 3.63) is 41.5 Å². The molecule has 0 spiro atoms. The van der Waals surface area contributed by atoms with Gasteiger partial charge in [0.2, 0.25) is 0 Å². The second kappa shape index (κ2) is 7.87. The molecule has 7 heteroatoms. The average molecular weight is 320 g/mol. The Morgan fingerprint density at radius 3 is 2.43 bits per heavy atom. The molecule has 7 nitrogen and oxygen atoms in total. The van der Waals surface area contributed by atoms with Gasteiger partial charge in [0.25, 0.3) is 5.91 Å². The molecule has 0 aliphatic carbocycles. The summed E-state index contributed by atoms with van der Waals surface area (Å²) in [5.41, 5.74) is 2.33. The highest BCUT2D eigenvalue weighted by atomic mass is 16.5. The first-order valence-corrected chi connectivity index (χ1v) is 7.33. The molecule has 0 aromatic heterocycles. The molecule has 1 aromatic rings. The maximum Gasteiger partial charge on any atom is 0.324 e. The summed E-state index contributed by atoms with van der Waals surface area (Å²) < 4.78 is 5.24. The summed E-state index contributed by atoms with van der Waals surface area (Å²) in [7, 11) is 0. The van der Waals surface area contributed by atoms with E-state index in [9.17, 15) is 14.7 Å². The summed E-state index contributed by atoms with van der Waals surface area (Å²) in [4.78, 5) is 22.4. The van der Waals surface area contributed by atoms with E-state index in [1.54, 1.807) is 6.08 Å². The SMILES string of the molecule is O=C(C=Cc1ccc(CNC2(C(=O)O)CCOCC2)cc1)NO. The Kier molecular flexibility index (Phi) is 5.86. The van der Waals surface area contributed by atoms with Crippen molar-refractivity contribution in [1.82, 2.24) is 10.8 Å². The van der Waals surface area contributed by atoms with E-state index in [-0.39, 0.29) is 0 Å². The van der Waals surface area contributed by atoms with Gasteiger partial charge in [-0.05, 0) is 30.0 Å². The molecule has 1 fully saturated rings. The number of carbonyl (C=O) groups excluding carboxylic acids is 1. The van der Waals surface area contributed by atoms with Crippen LogP contribution in [0.3, 0.4) is 0 Å². The number of hydroxylamine groups is 1. The smallest absolute Gasteiger partial charge is 0.324 e. The summed E-state index contributed by atoms with van der Waals surface area (Å²) in [6.07, 6.45) is 3.67. The number of carbonyl (C=O) groups is 2. The Bertz CT molecular complexity index is 577. The highest BCUT2D eigenvalue weighted by Gasteiger charge is 2.39. The van der Waals surface area contributed by atoms with Gasteiger partial charge >= 0.3 is 5.97 Å². The lowest BCUT2D eigenvalue weighted by atomic mass is 9.90. The van der Waals surface area contributed by atoms with Gasteiger partial charge in [-0.25, -0.2) is 5.48 Å². The van der Waals surface area contributed by atoms with E-state index in [4.69, 9.17) is 9.94 Å². The minimum absolute atomic E-state index is 0.438. The lowest BCUT2D eigenvalue weighted by Crippen LogP contribution is -2.55. The zero-order valence-corrected chi connectivity index (χ0v) is 12.6. The van der Waals surface area contributed by atoms with Crippen LogP contribution in [0.5, 0.6) is 0 Å². The predicted molar refractivity (Wildman–Crippen MR) is 82.7 cm³/mol. The zero-order chi connectivity index (χ0) is 16.7. The predicted octanol–water partition coefficient (Wildman–Crippen LogP) is 0.929. The van der Waals surface area contributed by atoms with Gasteiger partial charge in [0.1, 0.15) is 5.54 Å². The quantitative estimate of drug-likeness (QED) is 0.353. The molecular formula is C16H20N2O5. The van der Waals surface area contributed by atoms with Crippen LogP contribution in [0.1, 0.15) is 24.0 Å². The van der Waals surface area contributed by atoms with Crippen LogP contribution < -0.4 is 10.8 Å². The van der Waals surface area contributed by atoms with Crippen molar-refractivity contribution in [3.8, 4) is 0 Å². The highest BCUT2D eigenvalue weighted by molar-refractivity contribution is 5.90. The molecule has 2 rings (SSSR count). The molecule has 1 aliphatic heterocycles.